The van der Waals surface area contributed by atoms with Gasteiger partial charge in [-0.1, -0.05) is 22.6 Å². The van der Waals surface area contributed by atoms with E-state index < -0.39 is 0 Å². The molecule has 0 radical (unpaired) electrons. The van der Waals surface area contributed by atoms with Crippen LogP contribution in [-0.4, -0.2) is 16.9 Å². The number of halogens is 2. The first-order valence-corrected chi connectivity index (χ1v) is 6.27. The highest BCUT2D eigenvalue weighted by Crippen LogP contribution is 2.08. The van der Waals surface area contributed by atoms with Crippen molar-refractivity contribution >= 4 is 28.5 Å². The number of hydrogen-bond acceptors (Lipinski definition) is 1. The van der Waals surface area contributed by atoms with Crippen LogP contribution in [0.4, 0.5) is 4.39 Å². The van der Waals surface area contributed by atoms with Crippen LogP contribution in [0.3, 0.4) is 0 Å². The molecule has 0 fully saturated rings. The summed E-state index contributed by atoms with van der Waals surface area (Å²) in [6, 6.07) is 4.34. The van der Waals surface area contributed by atoms with Crippen molar-refractivity contribution in [3.63, 3.8) is 0 Å². The van der Waals surface area contributed by atoms with E-state index >= 15 is 0 Å². The lowest BCUT2D eigenvalue weighted by Crippen LogP contribution is -2.24. The minimum atomic E-state index is -0.367. The molecule has 1 amide bonds. The zero-order chi connectivity index (χ0) is 11.3. The molecular formula is C11H13FINO. The first-order chi connectivity index (χ1) is 7.13. The Labute approximate surface area is 102 Å². The molecule has 1 rings (SSSR count). The van der Waals surface area contributed by atoms with Crippen molar-refractivity contribution in [2.45, 2.75) is 13.3 Å². The van der Waals surface area contributed by atoms with E-state index in [0.29, 0.717) is 12.1 Å². The molecule has 4 heteroatoms. The Kier molecular flexibility index (Phi) is 5.01. The van der Waals surface area contributed by atoms with E-state index in [1.807, 2.05) is 0 Å². The number of aryl methyl sites for hydroxylation is 1. The molecule has 0 aliphatic heterocycles. The van der Waals surface area contributed by atoms with Crippen molar-refractivity contribution in [2.24, 2.45) is 0 Å². The zero-order valence-electron chi connectivity index (χ0n) is 8.52. The molecule has 0 spiro atoms. The molecule has 0 aliphatic carbocycles. The van der Waals surface area contributed by atoms with Gasteiger partial charge in [-0.2, -0.15) is 0 Å². The molecule has 0 aromatic heterocycles. The second kappa shape index (κ2) is 6.05. The Balaban J connectivity index is 2.65. The molecule has 1 aromatic rings. The Bertz CT molecular complexity index is 334. The summed E-state index contributed by atoms with van der Waals surface area (Å²) in [5, 5.41) is 2.74. The monoisotopic (exact) mass is 321 g/mol. The normalized spacial score (nSPS) is 10.1. The van der Waals surface area contributed by atoms with Crippen LogP contribution in [0.25, 0.3) is 0 Å². The highest BCUT2D eigenvalue weighted by molar-refractivity contribution is 14.1. The van der Waals surface area contributed by atoms with Gasteiger partial charge in [0.05, 0.1) is 0 Å². The Morgan fingerprint density at radius 3 is 2.80 bits per heavy atom. The van der Waals surface area contributed by atoms with E-state index in [2.05, 4.69) is 27.9 Å². The number of carbonyl (C=O) groups excluding carboxylic acids is 1. The Hall–Kier alpha value is -0.650. The minimum absolute atomic E-state index is 0.206. The third-order valence-electron chi connectivity index (χ3n) is 1.90. The standard InChI is InChI=1S/C11H13FINO/c1-8-5-9(7-10(12)6-8)11(15)14-4-2-3-13/h5-7H,2-4H2,1H3,(H,14,15). The molecule has 0 bridgehead atoms. The number of hydrogen-bond donors (Lipinski definition) is 1. The summed E-state index contributed by atoms with van der Waals surface area (Å²) in [7, 11) is 0. The highest BCUT2D eigenvalue weighted by atomic mass is 127. The molecule has 0 heterocycles. The van der Waals surface area contributed by atoms with Gasteiger partial charge in [0.1, 0.15) is 5.82 Å². The van der Waals surface area contributed by atoms with Crippen LogP contribution in [0.1, 0.15) is 22.3 Å². The first kappa shape index (κ1) is 12.4. The van der Waals surface area contributed by atoms with Crippen molar-refractivity contribution in [2.75, 3.05) is 11.0 Å². The van der Waals surface area contributed by atoms with Crippen LogP contribution in [0.15, 0.2) is 18.2 Å². The molecule has 2 nitrogen and oxygen atoms in total. The van der Waals surface area contributed by atoms with Gasteiger partial charge in [0.15, 0.2) is 0 Å². The van der Waals surface area contributed by atoms with Crippen molar-refractivity contribution in [3.05, 3.63) is 35.1 Å². The quantitative estimate of drug-likeness (QED) is 0.516. The Morgan fingerprint density at radius 2 is 2.20 bits per heavy atom. The van der Waals surface area contributed by atoms with Crippen molar-refractivity contribution in [1.82, 2.24) is 5.32 Å². The van der Waals surface area contributed by atoms with E-state index in [-0.39, 0.29) is 11.7 Å². The SMILES string of the molecule is Cc1cc(F)cc(C(=O)NCCCI)c1. The smallest absolute Gasteiger partial charge is 0.251 e. The van der Waals surface area contributed by atoms with Crippen molar-refractivity contribution in [3.8, 4) is 0 Å². The van der Waals surface area contributed by atoms with Gasteiger partial charge < -0.3 is 5.32 Å². The lowest BCUT2D eigenvalue weighted by molar-refractivity contribution is 0.0953. The maximum atomic E-state index is 13.0. The predicted molar refractivity (Wildman–Crippen MR) is 67.0 cm³/mol. The third-order valence-corrected chi connectivity index (χ3v) is 2.66. The van der Waals surface area contributed by atoms with Gasteiger partial charge in [-0.05, 0) is 37.1 Å². The summed E-state index contributed by atoms with van der Waals surface area (Å²) in [4.78, 5) is 11.5. The molecule has 0 unspecified atom stereocenters. The van der Waals surface area contributed by atoms with Crippen molar-refractivity contribution < 1.29 is 9.18 Å². The van der Waals surface area contributed by atoms with Crippen LogP contribution in [0.5, 0.6) is 0 Å². The van der Waals surface area contributed by atoms with E-state index in [1.54, 1.807) is 13.0 Å². The van der Waals surface area contributed by atoms with Gasteiger partial charge in [-0.25, -0.2) is 4.39 Å². The highest BCUT2D eigenvalue weighted by Gasteiger charge is 2.06. The zero-order valence-corrected chi connectivity index (χ0v) is 10.7. The first-order valence-electron chi connectivity index (χ1n) is 4.75. The number of nitrogens with one attached hydrogen (secondary N) is 1. The third kappa shape index (κ3) is 4.15. The molecule has 0 saturated carbocycles. The van der Waals surface area contributed by atoms with Crippen LogP contribution in [0.2, 0.25) is 0 Å². The summed E-state index contributed by atoms with van der Waals surface area (Å²) in [5.41, 5.74) is 1.15. The molecule has 0 aliphatic rings. The van der Waals surface area contributed by atoms with Gasteiger partial charge >= 0.3 is 0 Å². The van der Waals surface area contributed by atoms with E-state index in [9.17, 15) is 9.18 Å². The lowest BCUT2D eigenvalue weighted by atomic mass is 10.1. The molecule has 0 saturated heterocycles. The summed E-state index contributed by atoms with van der Waals surface area (Å²) < 4.78 is 14.0. The minimum Gasteiger partial charge on any atom is -0.352 e. The van der Waals surface area contributed by atoms with Crippen LogP contribution >= 0.6 is 22.6 Å². The molecule has 15 heavy (non-hydrogen) atoms. The number of benzene rings is 1. The number of carbonyl (C=O) groups is 1. The Morgan fingerprint density at radius 1 is 1.47 bits per heavy atom. The predicted octanol–water partition coefficient (Wildman–Crippen LogP) is 2.69. The second-order valence-corrected chi connectivity index (χ2v) is 4.39. The van der Waals surface area contributed by atoms with E-state index in [4.69, 9.17) is 0 Å². The summed E-state index contributed by atoms with van der Waals surface area (Å²) in [5.74, 6) is -0.573. The van der Waals surface area contributed by atoms with E-state index in [0.717, 1.165) is 16.4 Å². The molecule has 0 atom stereocenters. The average molecular weight is 321 g/mol. The number of alkyl halides is 1. The fourth-order valence-corrected chi connectivity index (χ4v) is 1.62. The molecular weight excluding hydrogens is 308 g/mol. The van der Waals surface area contributed by atoms with Gasteiger partial charge in [-0.15, -0.1) is 0 Å². The second-order valence-electron chi connectivity index (χ2n) is 3.32. The maximum absolute atomic E-state index is 13.0. The summed E-state index contributed by atoms with van der Waals surface area (Å²) >= 11 is 2.25. The topological polar surface area (TPSA) is 29.1 Å². The van der Waals surface area contributed by atoms with Crippen LogP contribution in [-0.2, 0) is 0 Å². The van der Waals surface area contributed by atoms with E-state index in [1.165, 1.54) is 12.1 Å². The largest absolute Gasteiger partial charge is 0.352 e. The molecule has 1 N–H and O–H groups in total. The fraction of sp³-hybridized carbons (Fsp3) is 0.364. The maximum Gasteiger partial charge on any atom is 0.251 e. The van der Waals surface area contributed by atoms with Gasteiger partial charge in [0.2, 0.25) is 0 Å². The van der Waals surface area contributed by atoms with Crippen LogP contribution < -0.4 is 5.32 Å². The lowest BCUT2D eigenvalue weighted by Gasteiger charge is -2.05. The van der Waals surface area contributed by atoms with Gasteiger partial charge in [0.25, 0.3) is 5.91 Å². The summed E-state index contributed by atoms with van der Waals surface area (Å²) in [6.45, 7) is 2.40. The fourth-order valence-electron chi connectivity index (χ4n) is 1.24. The van der Waals surface area contributed by atoms with Gasteiger partial charge in [-0.3, -0.25) is 4.79 Å². The molecule has 82 valence electrons. The average Bonchev–Trinajstić information content (AvgIpc) is 2.16. The number of amides is 1. The van der Waals surface area contributed by atoms with Crippen LogP contribution in [0, 0.1) is 12.7 Å². The van der Waals surface area contributed by atoms with Gasteiger partial charge in [0, 0.05) is 16.5 Å². The summed E-state index contributed by atoms with van der Waals surface area (Å²) in [6.07, 6.45) is 0.931. The molecule has 1 aromatic carbocycles. The van der Waals surface area contributed by atoms with Crippen molar-refractivity contribution in [1.29, 1.82) is 0 Å². The number of rotatable bonds is 4.